The van der Waals surface area contributed by atoms with Crippen molar-refractivity contribution in [3.8, 4) is 0 Å². The minimum atomic E-state index is -1.15. The number of aryl methyl sites for hydroxylation is 1. The summed E-state index contributed by atoms with van der Waals surface area (Å²) in [5, 5.41) is 11.6. The lowest BCUT2D eigenvalue weighted by Crippen LogP contribution is -2.25. The molecule has 1 saturated carbocycles. The monoisotopic (exact) mass is 339 g/mol. The predicted octanol–water partition coefficient (Wildman–Crippen LogP) is 3.76. The standard InChI is InChI=1S/C20H18FNO3/c21-16-8-7-13(19(24)25)10-17(16)22-18(23)15-11-20(15)9-3-5-12-4-1-2-6-14(12)20/h1-2,4,6-8,10,15H,3,5,9,11H2,(H,22,23)(H,24,25). The van der Waals surface area contributed by atoms with Crippen molar-refractivity contribution in [3.05, 3.63) is 65.0 Å². The molecule has 4 rings (SSSR count). The smallest absolute Gasteiger partial charge is 0.335 e. The number of rotatable bonds is 3. The number of benzene rings is 2. The number of nitrogens with one attached hydrogen (secondary N) is 1. The Morgan fingerprint density at radius 3 is 2.80 bits per heavy atom. The van der Waals surface area contributed by atoms with Crippen LogP contribution in [0, 0.1) is 11.7 Å². The maximum atomic E-state index is 13.9. The van der Waals surface area contributed by atoms with Crippen LogP contribution < -0.4 is 5.32 Å². The Bertz CT molecular complexity index is 879. The van der Waals surface area contributed by atoms with Gasteiger partial charge in [0.25, 0.3) is 0 Å². The van der Waals surface area contributed by atoms with E-state index in [1.54, 1.807) is 0 Å². The maximum Gasteiger partial charge on any atom is 0.335 e. The zero-order valence-electron chi connectivity index (χ0n) is 13.6. The summed E-state index contributed by atoms with van der Waals surface area (Å²) in [6.45, 7) is 0. The van der Waals surface area contributed by atoms with Gasteiger partial charge in [0.1, 0.15) is 5.82 Å². The number of carbonyl (C=O) groups excluding carboxylic acids is 1. The number of amides is 1. The number of aromatic carboxylic acids is 1. The second-order valence-corrected chi connectivity index (χ2v) is 6.91. The SMILES string of the molecule is O=C(O)c1ccc(F)c(NC(=O)C2CC23CCCc2ccccc23)c1. The van der Waals surface area contributed by atoms with Crippen molar-refractivity contribution in [2.75, 3.05) is 5.32 Å². The fourth-order valence-corrected chi connectivity index (χ4v) is 4.15. The second kappa shape index (κ2) is 5.69. The third kappa shape index (κ3) is 2.60. The van der Waals surface area contributed by atoms with E-state index in [4.69, 9.17) is 5.11 Å². The quantitative estimate of drug-likeness (QED) is 0.895. The molecule has 2 N–H and O–H groups in total. The van der Waals surface area contributed by atoms with Crippen molar-refractivity contribution < 1.29 is 19.1 Å². The van der Waals surface area contributed by atoms with E-state index in [2.05, 4.69) is 17.4 Å². The molecule has 2 aliphatic carbocycles. The number of carbonyl (C=O) groups is 2. The molecule has 4 nitrogen and oxygen atoms in total. The molecule has 0 radical (unpaired) electrons. The Kier molecular flexibility index (Phi) is 3.60. The van der Waals surface area contributed by atoms with Crippen LogP contribution in [0.2, 0.25) is 0 Å². The average Bonchev–Trinajstić information content (AvgIpc) is 3.32. The molecule has 2 aromatic carbocycles. The van der Waals surface area contributed by atoms with Crippen molar-refractivity contribution in [2.24, 2.45) is 5.92 Å². The van der Waals surface area contributed by atoms with Gasteiger partial charge in [-0.05, 0) is 55.0 Å². The van der Waals surface area contributed by atoms with Crippen LogP contribution >= 0.6 is 0 Å². The van der Waals surface area contributed by atoms with Crippen LogP contribution in [-0.2, 0) is 16.6 Å². The minimum Gasteiger partial charge on any atom is -0.478 e. The zero-order chi connectivity index (χ0) is 17.6. The molecule has 25 heavy (non-hydrogen) atoms. The molecule has 2 unspecified atom stereocenters. The van der Waals surface area contributed by atoms with E-state index < -0.39 is 11.8 Å². The molecule has 0 aliphatic heterocycles. The molecule has 128 valence electrons. The second-order valence-electron chi connectivity index (χ2n) is 6.91. The highest BCUT2D eigenvalue weighted by Gasteiger charge is 2.60. The Hall–Kier alpha value is -2.69. The summed E-state index contributed by atoms with van der Waals surface area (Å²) < 4.78 is 13.9. The number of hydrogen-bond donors (Lipinski definition) is 2. The maximum absolute atomic E-state index is 13.9. The highest BCUT2D eigenvalue weighted by atomic mass is 19.1. The molecule has 1 fully saturated rings. The van der Waals surface area contributed by atoms with Crippen LogP contribution in [0.5, 0.6) is 0 Å². The summed E-state index contributed by atoms with van der Waals surface area (Å²) >= 11 is 0. The first-order chi connectivity index (χ1) is 12.0. The Morgan fingerprint density at radius 1 is 1.20 bits per heavy atom. The fraction of sp³-hybridized carbons (Fsp3) is 0.300. The van der Waals surface area contributed by atoms with Gasteiger partial charge in [-0.1, -0.05) is 24.3 Å². The highest BCUT2D eigenvalue weighted by Crippen LogP contribution is 2.60. The molecular weight excluding hydrogens is 321 g/mol. The lowest BCUT2D eigenvalue weighted by atomic mass is 9.78. The molecule has 0 aromatic heterocycles. The number of hydrogen-bond acceptors (Lipinski definition) is 2. The van der Waals surface area contributed by atoms with Crippen molar-refractivity contribution >= 4 is 17.6 Å². The highest BCUT2D eigenvalue weighted by molar-refractivity contribution is 5.97. The molecule has 0 saturated heterocycles. The van der Waals surface area contributed by atoms with E-state index in [-0.39, 0.29) is 28.5 Å². The number of fused-ring (bicyclic) bond motifs is 2. The van der Waals surface area contributed by atoms with Crippen molar-refractivity contribution in [2.45, 2.75) is 31.1 Å². The number of halogens is 1. The van der Waals surface area contributed by atoms with Gasteiger partial charge < -0.3 is 10.4 Å². The molecule has 0 heterocycles. The van der Waals surface area contributed by atoms with Gasteiger partial charge >= 0.3 is 5.97 Å². The number of carboxylic acid groups (broad SMARTS) is 1. The molecule has 2 aliphatic rings. The third-order valence-corrected chi connectivity index (χ3v) is 5.49. The van der Waals surface area contributed by atoms with Crippen LogP contribution in [0.25, 0.3) is 0 Å². The largest absolute Gasteiger partial charge is 0.478 e. The summed E-state index contributed by atoms with van der Waals surface area (Å²) in [6.07, 6.45) is 3.79. The summed E-state index contributed by atoms with van der Waals surface area (Å²) in [5.74, 6) is -2.21. The molecule has 5 heteroatoms. The van der Waals surface area contributed by atoms with Gasteiger partial charge in [0.2, 0.25) is 5.91 Å². The van der Waals surface area contributed by atoms with E-state index in [0.717, 1.165) is 31.7 Å². The van der Waals surface area contributed by atoms with Gasteiger partial charge in [-0.15, -0.1) is 0 Å². The molecule has 1 amide bonds. The first-order valence-corrected chi connectivity index (χ1v) is 8.43. The Labute approximate surface area is 144 Å². The normalized spacial score (nSPS) is 23.8. The number of anilines is 1. The number of carboxylic acids is 1. The van der Waals surface area contributed by atoms with E-state index >= 15 is 0 Å². The molecule has 1 spiro atoms. The van der Waals surface area contributed by atoms with E-state index in [1.807, 2.05) is 12.1 Å². The van der Waals surface area contributed by atoms with Crippen LogP contribution in [-0.4, -0.2) is 17.0 Å². The van der Waals surface area contributed by atoms with Crippen LogP contribution in [0.4, 0.5) is 10.1 Å². The summed E-state index contributed by atoms with van der Waals surface area (Å²) in [5.41, 5.74) is 2.27. The van der Waals surface area contributed by atoms with E-state index in [1.165, 1.54) is 23.3 Å². The average molecular weight is 339 g/mol. The molecular formula is C20H18FNO3. The van der Waals surface area contributed by atoms with Crippen molar-refractivity contribution in [3.63, 3.8) is 0 Å². The summed E-state index contributed by atoms with van der Waals surface area (Å²) in [7, 11) is 0. The zero-order valence-corrected chi connectivity index (χ0v) is 13.6. The van der Waals surface area contributed by atoms with Crippen molar-refractivity contribution in [1.29, 1.82) is 0 Å². The first-order valence-electron chi connectivity index (χ1n) is 8.43. The summed E-state index contributed by atoms with van der Waals surface area (Å²) in [6, 6.07) is 11.6. The Morgan fingerprint density at radius 2 is 2.00 bits per heavy atom. The topological polar surface area (TPSA) is 66.4 Å². The molecule has 2 aromatic rings. The van der Waals surface area contributed by atoms with Gasteiger partial charge in [0.15, 0.2) is 0 Å². The van der Waals surface area contributed by atoms with Crippen LogP contribution in [0.15, 0.2) is 42.5 Å². The molecule has 0 bridgehead atoms. The van der Waals surface area contributed by atoms with Crippen LogP contribution in [0.1, 0.15) is 40.7 Å². The minimum absolute atomic E-state index is 0.0507. The van der Waals surface area contributed by atoms with Gasteiger partial charge in [0, 0.05) is 11.3 Å². The van der Waals surface area contributed by atoms with Gasteiger partial charge in [0.05, 0.1) is 11.3 Å². The fourth-order valence-electron chi connectivity index (χ4n) is 4.15. The van der Waals surface area contributed by atoms with Gasteiger partial charge in [-0.3, -0.25) is 4.79 Å². The third-order valence-electron chi connectivity index (χ3n) is 5.49. The first kappa shape index (κ1) is 15.8. The lowest BCUT2D eigenvalue weighted by Gasteiger charge is -2.26. The Balaban J connectivity index is 1.57. The predicted molar refractivity (Wildman–Crippen MR) is 91.2 cm³/mol. The van der Waals surface area contributed by atoms with Crippen molar-refractivity contribution in [1.82, 2.24) is 0 Å². The van der Waals surface area contributed by atoms with Crippen LogP contribution in [0.3, 0.4) is 0 Å². The van der Waals surface area contributed by atoms with Gasteiger partial charge in [-0.25, -0.2) is 9.18 Å². The lowest BCUT2D eigenvalue weighted by molar-refractivity contribution is -0.117. The summed E-state index contributed by atoms with van der Waals surface area (Å²) in [4.78, 5) is 23.7. The molecule has 2 atom stereocenters. The van der Waals surface area contributed by atoms with E-state index in [0.29, 0.717) is 0 Å². The van der Waals surface area contributed by atoms with E-state index in [9.17, 15) is 14.0 Å². The van der Waals surface area contributed by atoms with Gasteiger partial charge in [-0.2, -0.15) is 0 Å².